The zero-order chi connectivity index (χ0) is 27.9. The second-order valence-electron chi connectivity index (χ2n) is 10.6. The summed E-state index contributed by atoms with van der Waals surface area (Å²) < 4.78 is 41.1. The van der Waals surface area contributed by atoms with Crippen LogP contribution in [0.25, 0.3) is 11.3 Å². The van der Waals surface area contributed by atoms with Crippen LogP contribution in [0.2, 0.25) is 0 Å². The van der Waals surface area contributed by atoms with Crippen molar-refractivity contribution in [1.29, 1.82) is 0 Å². The van der Waals surface area contributed by atoms with E-state index in [-0.39, 0.29) is 42.9 Å². The quantitative estimate of drug-likeness (QED) is 0.358. The SMILES string of the molecule is CS(=O)(=O)N1CCC(C(=O)Nc2ccc(-c3cncc(C4CC4)n3)cn2)(c2nccc(N[S+]([O-])C3CC3)n2)CC1. The van der Waals surface area contributed by atoms with Gasteiger partial charge in [0.05, 0.1) is 35.2 Å². The van der Waals surface area contributed by atoms with Crippen molar-refractivity contribution < 1.29 is 17.8 Å². The molecule has 6 rings (SSSR count). The second kappa shape index (κ2) is 10.7. The Labute approximate surface area is 235 Å². The van der Waals surface area contributed by atoms with Gasteiger partial charge in [0, 0.05) is 62.1 Å². The van der Waals surface area contributed by atoms with Crippen molar-refractivity contribution in [2.24, 2.45) is 0 Å². The van der Waals surface area contributed by atoms with Crippen LogP contribution < -0.4 is 10.0 Å². The smallest absolute Gasteiger partial charge is 0.239 e. The average molecular weight is 583 g/mol. The van der Waals surface area contributed by atoms with Gasteiger partial charge in [-0.05, 0) is 37.8 Å². The molecular formula is C26H30N8O4S2. The Bertz CT molecular complexity index is 1510. The minimum Gasteiger partial charge on any atom is -0.593 e. The Balaban J connectivity index is 1.24. The molecule has 3 fully saturated rings. The van der Waals surface area contributed by atoms with Crippen LogP contribution in [0.5, 0.6) is 0 Å². The number of amides is 1. The molecule has 3 aliphatic rings. The third-order valence-electron chi connectivity index (χ3n) is 7.55. The second-order valence-corrected chi connectivity index (χ2v) is 14.0. The molecule has 2 saturated carbocycles. The number of aromatic nitrogens is 5. The highest BCUT2D eigenvalue weighted by atomic mass is 32.2. The van der Waals surface area contributed by atoms with Crippen LogP contribution in [0.1, 0.15) is 56.0 Å². The number of anilines is 2. The van der Waals surface area contributed by atoms with Gasteiger partial charge in [0.2, 0.25) is 15.9 Å². The molecule has 1 saturated heterocycles. The molecule has 0 spiro atoms. The topological polar surface area (TPSA) is 166 Å². The van der Waals surface area contributed by atoms with Gasteiger partial charge in [-0.2, -0.15) is 4.72 Å². The fourth-order valence-electron chi connectivity index (χ4n) is 4.82. The molecule has 2 N–H and O–H groups in total. The maximum absolute atomic E-state index is 13.9. The Morgan fingerprint density at radius 1 is 1.02 bits per heavy atom. The zero-order valence-electron chi connectivity index (χ0n) is 22.0. The van der Waals surface area contributed by atoms with Crippen molar-refractivity contribution in [3.8, 4) is 11.3 Å². The molecule has 0 bridgehead atoms. The third-order valence-corrected chi connectivity index (χ3v) is 10.3. The van der Waals surface area contributed by atoms with Crippen molar-refractivity contribution in [3.63, 3.8) is 0 Å². The largest absolute Gasteiger partial charge is 0.593 e. The van der Waals surface area contributed by atoms with E-state index in [1.165, 1.54) is 10.5 Å². The Kier molecular flexibility index (Phi) is 7.19. The first kappa shape index (κ1) is 27.0. The van der Waals surface area contributed by atoms with Crippen LogP contribution in [0.4, 0.5) is 11.6 Å². The van der Waals surface area contributed by atoms with E-state index >= 15 is 0 Å². The summed E-state index contributed by atoms with van der Waals surface area (Å²) >= 11 is -1.27. The fraction of sp³-hybridized carbons (Fsp3) is 0.462. The predicted octanol–water partition coefficient (Wildman–Crippen LogP) is 2.38. The van der Waals surface area contributed by atoms with Gasteiger partial charge >= 0.3 is 0 Å². The van der Waals surface area contributed by atoms with Crippen LogP contribution >= 0.6 is 0 Å². The lowest BCUT2D eigenvalue weighted by Crippen LogP contribution is -2.51. The van der Waals surface area contributed by atoms with Gasteiger partial charge < -0.3 is 9.87 Å². The number of piperidine rings is 1. The zero-order valence-corrected chi connectivity index (χ0v) is 23.6. The summed E-state index contributed by atoms with van der Waals surface area (Å²) in [6.07, 6.45) is 12.2. The van der Waals surface area contributed by atoms with Crippen LogP contribution in [0.3, 0.4) is 0 Å². The highest BCUT2D eigenvalue weighted by molar-refractivity contribution is 7.93. The summed E-state index contributed by atoms with van der Waals surface area (Å²) in [6.45, 7) is 0.285. The molecule has 1 amide bonds. The van der Waals surface area contributed by atoms with Gasteiger partial charge in [-0.25, -0.2) is 32.7 Å². The van der Waals surface area contributed by atoms with Gasteiger partial charge in [-0.3, -0.25) is 9.78 Å². The minimum absolute atomic E-state index is 0.102. The molecular weight excluding hydrogens is 552 g/mol. The third kappa shape index (κ3) is 5.80. The van der Waals surface area contributed by atoms with E-state index in [0.29, 0.717) is 17.6 Å². The normalized spacial score (nSPS) is 20.1. The number of sulfonamides is 1. The molecule has 40 heavy (non-hydrogen) atoms. The summed E-state index contributed by atoms with van der Waals surface area (Å²) in [4.78, 5) is 36.3. The van der Waals surface area contributed by atoms with Crippen LogP contribution in [0.15, 0.2) is 43.0 Å². The molecule has 12 nitrogen and oxygen atoms in total. The molecule has 1 unspecified atom stereocenters. The van der Waals surface area contributed by atoms with Crippen LogP contribution in [-0.4, -0.2) is 72.7 Å². The van der Waals surface area contributed by atoms with E-state index in [1.807, 2.05) is 6.07 Å². The minimum atomic E-state index is -3.42. The lowest BCUT2D eigenvalue weighted by molar-refractivity contribution is -0.123. The van der Waals surface area contributed by atoms with Crippen LogP contribution in [0, 0.1) is 0 Å². The summed E-state index contributed by atoms with van der Waals surface area (Å²) in [5.74, 6) is 1.06. The van der Waals surface area contributed by atoms with Crippen molar-refractivity contribution in [1.82, 2.24) is 29.2 Å². The first-order valence-electron chi connectivity index (χ1n) is 13.3. The standard InChI is InChI=1S/C26H30N8O4S2/c1-40(37,38)34-12-9-26(10-13-34,24-28-11-8-23(31-24)33-39(36)19-5-6-19)25(35)32-22-7-4-18(14-29-22)21-16-27-15-20(30-21)17-2-3-17/h4,7-8,11,14-17,19H,2-3,5-6,9-10,12-13H2,1H3,(H,28,31,33)(H,29,32,35). The number of nitrogens with one attached hydrogen (secondary N) is 2. The first-order valence-corrected chi connectivity index (χ1v) is 16.3. The molecule has 1 aliphatic heterocycles. The highest BCUT2D eigenvalue weighted by Crippen LogP contribution is 2.39. The lowest BCUT2D eigenvalue weighted by atomic mass is 9.77. The number of hydrogen-bond donors (Lipinski definition) is 2. The maximum Gasteiger partial charge on any atom is 0.239 e. The Hall–Kier alpha value is -3.20. The molecule has 14 heteroatoms. The number of nitrogens with zero attached hydrogens (tertiary/aromatic N) is 6. The molecule has 4 heterocycles. The molecule has 3 aromatic heterocycles. The number of rotatable bonds is 9. The van der Waals surface area contributed by atoms with E-state index < -0.39 is 26.8 Å². The highest BCUT2D eigenvalue weighted by Gasteiger charge is 2.47. The van der Waals surface area contributed by atoms with E-state index in [1.54, 1.807) is 30.7 Å². The molecule has 210 valence electrons. The van der Waals surface area contributed by atoms with E-state index in [2.05, 4.69) is 30.0 Å². The maximum atomic E-state index is 13.9. The van der Waals surface area contributed by atoms with Gasteiger partial charge in [0.1, 0.15) is 22.3 Å². The lowest BCUT2D eigenvalue weighted by Gasteiger charge is -2.38. The van der Waals surface area contributed by atoms with Crippen molar-refractivity contribution in [3.05, 3.63) is 54.5 Å². The monoisotopic (exact) mass is 582 g/mol. The number of carbonyl (C=O) groups is 1. The fourth-order valence-corrected chi connectivity index (χ4v) is 6.71. The first-order chi connectivity index (χ1) is 19.2. The summed E-state index contributed by atoms with van der Waals surface area (Å²) in [5.41, 5.74) is 1.29. The van der Waals surface area contributed by atoms with Crippen molar-refractivity contribution in [2.75, 3.05) is 29.4 Å². The summed E-state index contributed by atoms with van der Waals surface area (Å²) in [6, 6.07) is 5.15. The average Bonchev–Trinajstić information content (AvgIpc) is 3.87. The molecule has 0 aromatic carbocycles. The van der Waals surface area contributed by atoms with E-state index in [4.69, 9.17) is 4.98 Å². The van der Waals surface area contributed by atoms with Crippen molar-refractivity contribution in [2.45, 2.75) is 55.1 Å². The van der Waals surface area contributed by atoms with Gasteiger partial charge in [-0.15, -0.1) is 0 Å². The summed E-state index contributed by atoms with van der Waals surface area (Å²) in [5, 5.41) is 3.00. The molecule has 3 aromatic rings. The van der Waals surface area contributed by atoms with Crippen LogP contribution in [-0.2, 0) is 31.6 Å². The Morgan fingerprint density at radius 2 is 1.80 bits per heavy atom. The summed E-state index contributed by atoms with van der Waals surface area (Å²) in [7, 11) is -3.42. The number of pyridine rings is 1. The number of carbonyl (C=O) groups excluding carboxylic acids is 1. The van der Waals surface area contributed by atoms with Gasteiger partial charge in [-0.1, -0.05) is 0 Å². The molecule has 1 atom stereocenters. The van der Waals surface area contributed by atoms with Crippen molar-refractivity contribution >= 4 is 38.9 Å². The predicted molar refractivity (Wildman–Crippen MR) is 150 cm³/mol. The molecule has 0 radical (unpaired) electrons. The van der Waals surface area contributed by atoms with E-state index in [9.17, 15) is 17.8 Å². The molecule has 2 aliphatic carbocycles. The van der Waals surface area contributed by atoms with E-state index in [0.717, 1.165) is 48.9 Å². The van der Waals surface area contributed by atoms with Gasteiger partial charge in [0.25, 0.3) is 0 Å². The number of hydrogen-bond acceptors (Lipinski definition) is 10. The Morgan fingerprint density at radius 3 is 2.45 bits per heavy atom. The van der Waals surface area contributed by atoms with Gasteiger partial charge in [0.15, 0.2) is 5.82 Å².